The van der Waals surface area contributed by atoms with Crippen LogP contribution in [0.15, 0.2) is 0 Å². The maximum Gasteiger partial charge on any atom is -0.00358 e. The first kappa shape index (κ1) is 8.66. The van der Waals surface area contributed by atoms with Crippen LogP contribution in [-0.4, -0.2) is 9.28 Å². The molecule has 0 heterocycles. The molecule has 0 N–H and O–H groups in total. The highest BCUT2D eigenvalue weighted by Crippen LogP contribution is 2.05. The Morgan fingerprint density at radius 3 is 2.75 bits per heavy atom. The van der Waals surface area contributed by atoms with Crippen LogP contribution in [0.5, 0.6) is 0 Å². The summed E-state index contributed by atoms with van der Waals surface area (Å²) in [7, 11) is 0. The Labute approximate surface area is 65.8 Å². The largest absolute Gasteiger partial charge is 0.422 e. The lowest BCUT2D eigenvalue weighted by molar-refractivity contribution is 0.898. The molecule has 0 unspecified atom stereocenters. The Morgan fingerprint density at radius 1 is 1.75 bits per heavy atom. The molecule has 0 saturated carbocycles. The summed E-state index contributed by atoms with van der Waals surface area (Å²) < 4.78 is 0.651. The monoisotopic (exact) mass is 165 g/mol. The molecule has 0 rings (SSSR count). The van der Waals surface area contributed by atoms with Crippen molar-refractivity contribution in [2.45, 2.75) is 19.8 Å². The van der Waals surface area contributed by atoms with Crippen molar-refractivity contribution >= 4 is 40.1 Å². The molecule has 0 amide bonds. The van der Waals surface area contributed by atoms with Crippen molar-refractivity contribution in [1.82, 2.24) is 0 Å². The van der Waals surface area contributed by atoms with Gasteiger partial charge < -0.3 is 24.8 Å². The highest BCUT2D eigenvalue weighted by atomic mass is 32.2. The summed E-state index contributed by atoms with van der Waals surface area (Å²) in [5, 5.41) is 0. The minimum absolute atomic E-state index is 0.651. The van der Waals surface area contributed by atoms with Gasteiger partial charge >= 0.3 is 0 Å². The Hall–Kier alpha value is 0.660. The van der Waals surface area contributed by atoms with Gasteiger partial charge in [-0.25, -0.2) is 0 Å². The van der Waals surface area contributed by atoms with Gasteiger partial charge in [-0.2, -0.15) is 0 Å². The molecule has 0 aliphatic carbocycles. The van der Waals surface area contributed by atoms with Crippen LogP contribution in [0.25, 0.3) is 0 Å². The van der Waals surface area contributed by atoms with Crippen molar-refractivity contribution < 1.29 is 0 Å². The van der Waals surface area contributed by atoms with Crippen LogP contribution in [0.3, 0.4) is 0 Å². The molecule has 0 saturated heterocycles. The minimum atomic E-state index is 0.651. The predicted molar refractivity (Wildman–Crippen MR) is 47.3 cm³/mol. The van der Waals surface area contributed by atoms with Crippen LogP contribution < -0.4 is 0 Å². The molecule has 3 heteroatoms. The second-order valence-corrected chi connectivity index (χ2v) is 4.15. The highest BCUT2D eigenvalue weighted by Gasteiger charge is 1.80. The molecule has 0 spiro atoms. The van der Waals surface area contributed by atoms with Gasteiger partial charge in [0.2, 0.25) is 0 Å². The van der Waals surface area contributed by atoms with Gasteiger partial charge in [-0.05, 0) is 12.2 Å². The lowest BCUT2D eigenvalue weighted by Crippen LogP contribution is -1.82. The topological polar surface area (TPSA) is 0 Å². The summed E-state index contributed by atoms with van der Waals surface area (Å²) in [5.41, 5.74) is 0. The van der Waals surface area contributed by atoms with Gasteiger partial charge in [0, 0.05) is 0 Å². The zero-order valence-corrected chi connectivity index (χ0v) is 7.30. The van der Waals surface area contributed by atoms with E-state index in [2.05, 4.69) is 31.8 Å². The SMILES string of the molecule is CCCCSC(=S)[S-]. The van der Waals surface area contributed by atoms with Gasteiger partial charge in [0.15, 0.2) is 0 Å². The van der Waals surface area contributed by atoms with Crippen molar-refractivity contribution in [2.75, 3.05) is 5.75 Å². The number of thiocarbonyl (C=S) groups is 1. The molecule has 0 aromatic rings. The van der Waals surface area contributed by atoms with E-state index < -0.39 is 0 Å². The van der Waals surface area contributed by atoms with Gasteiger partial charge in [0.25, 0.3) is 0 Å². The van der Waals surface area contributed by atoms with E-state index in [-0.39, 0.29) is 0 Å². The molecule has 0 bridgehead atoms. The van der Waals surface area contributed by atoms with Gasteiger partial charge in [-0.1, -0.05) is 16.9 Å². The molecular formula is C5H9S3-. The van der Waals surface area contributed by atoms with E-state index in [9.17, 15) is 0 Å². The van der Waals surface area contributed by atoms with E-state index in [1.54, 1.807) is 11.8 Å². The lowest BCUT2D eigenvalue weighted by atomic mass is 10.4. The van der Waals surface area contributed by atoms with Crippen LogP contribution in [0.2, 0.25) is 0 Å². The maximum atomic E-state index is 4.69. The normalized spacial score (nSPS) is 9.12. The van der Waals surface area contributed by atoms with E-state index in [0.717, 1.165) is 5.75 Å². The Morgan fingerprint density at radius 2 is 2.38 bits per heavy atom. The number of rotatable bonds is 3. The molecule has 0 atom stereocenters. The second kappa shape index (κ2) is 5.79. The van der Waals surface area contributed by atoms with Crippen molar-refractivity contribution in [3.05, 3.63) is 0 Å². The first-order chi connectivity index (χ1) is 3.77. The molecule has 0 radical (unpaired) electrons. The van der Waals surface area contributed by atoms with E-state index in [1.165, 1.54) is 12.8 Å². The van der Waals surface area contributed by atoms with Gasteiger partial charge in [0.05, 0.1) is 0 Å². The van der Waals surface area contributed by atoms with Gasteiger partial charge in [0.1, 0.15) is 0 Å². The van der Waals surface area contributed by atoms with Crippen LogP contribution in [0, 0.1) is 0 Å². The number of hydrogen-bond donors (Lipinski definition) is 0. The van der Waals surface area contributed by atoms with E-state index in [4.69, 9.17) is 0 Å². The van der Waals surface area contributed by atoms with E-state index in [1.807, 2.05) is 0 Å². The van der Waals surface area contributed by atoms with Crippen molar-refractivity contribution in [1.29, 1.82) is 0 Å². The first-order valence-electron chi connectivity index (χ1n) is 2.61. The first-order valence-corrected chi connectivity index (χ1v) is 4.41. The fourth-order valence-electron chi connectivity index (χ4n) is 0.300. The van der Waals surface area contributed by atoms with Gasteiger partial charge in [-0.15, -0.1) is 11.8 Å². The molecular weight excluding hydrogens is 156 g/mol. The Bertz CT molecular complexity index is 70.1. The molecule has 8 heavy (non-hydrogen) atoms. The number of unbranched alkanes of at least 4 members (excludes halogenated alkanes) is 1. The molecule has 0 aromatic heterocycles. The van der Waals surface area contributed by atoms with Crippen LogP contribution in [0.4, 0.5) is 0 Å². The minimum Gasteiger partial charge on any atom is -0.422 e. The fourth-order valence-corrected chi connectivity index (χ4v) is 1.40. The van der Waals surface area contributed by atoms with Crippen LogP contribution >= 0.6 is 24.0 Å². The Kier molecular flexibility index (Phi) is 6.27. The smallest absolute Gasteiger partial charge is 0.00358 e. The quantitative estimate of drug-likeness (QED) is 0.358. The van der Waals surface area contributed by atoms with Crippen molar-refractivity contribution in [3.8, 4) is 0 Å². The standard InChI is InChI=1S/C5H10S3/c1-2-3-4-8-5(6)7/h2-4H2,1H3,(H,6,7)/p-1. The highest BCUT2D eigenvalue weighted by molar-refractivity contribution is 8.36. The zero-order valence-electron chi connectivity index (χ0n) is 4.85. The summed E-state index contributed by atoms with van der Waals surface area (Å²) >= 11 is 11.0. The summed E-state index contributed by atoms with van der Waals surface area (Å²) in [6.07, 6.45) is 2.45. The van der Waals surface area contributed by atoms with Crippen LogP contribution in [-0.2, 0) is 12.6 Å². The number of hydrogen-bond acceptors (Lipinski definition) is 3. The molecule has 0 aliphatic rings. The zero-order chi connectivity index (χ0) is 6.41. The number of thioether (sulfide) groups is 1. The summed E-state index contributed by atoms with van der Waals surface area (Å²) in [5.74, 6) is 1.10. The predicted octanol–water partition coefficient (Wildman–Crippen LogP) is 2.35. The third-order valence-electron chi connectivity index (χ3n) is 0.718. The van der Waals surface area contributed by atoms with E-state index >= 15 is 0 Å². The lowest BCUT2D eigenvalue weighted by Gasteiger charge is -2.01. The molecule has 0 fully saturated rings. The Balaban J connectivity index is 2.82. The molecule has 0 aromatic carbocycles. The molecule has 0 nitrogen and oxygen atoms in total. The average molecular weight is 165 g/mol. The third kappa shape index (κ3) is 6.66. The summed E-state index contributed by atoms with van der Waals surface area (Å²) in [6, 6.07) is 0. The summed E-state index contributed by atoms with van der Waals surface area (Å²) in [4.78, 5) is 0. The van der Waals surface area contributed by atoms with Gasteiger partial charge in [-0.3, -0.25) is 0 Å². The van der Waals surface area contributed by atoms with Crippen molar-refractivity contribution in [3.63, 3.8) is 0 Å². The summed E-state index contributed by atoms with van der Waals surface area (Å²) in [6.45, 7) is 2.16. The average Bonchev–Trinajstić information content (AvgIpc) is 1.66. The van der Waals surface area contributed by atoms with Crippen molar-refractivity contribution in [2.24, 2.45) is 0 Å². The van der Waals surface area contributed by atoms with Crippen LogP contribution in [0.1, 0.15) is 19.8 Å². The molecule has 0 aliphatic heterocycles. The fraction of sp³-hybridized carbons (Fsp3) is 0.800. The molecule has 48 valence electrons. The maximum absolute atomic E-state index is 4.69. The second-order valence-electron chi connectivity index (χ2n) is 1.45. The third-order valence-corrected chi connectivity index (χ3v) is 2.15. The van der Waals surface area contributed by atoms with E-state index in [0.29, 0.717) is 3.53 Å².